The Labute approximate surface area is 254 Å². The van der Waals surface area contributed by atoms with Crippen molar-refractivity contribution in [3.63, 3.8) is 0 Å². The first-order valence-corrected chi connectivity index (χ1v) is 19.0. The summed E-state index contributed by atoms with van der Waals surface area (Å²) in [6, 6.07) is 8.83. The second-order valence-electron chi connectivity index (χ2n) is 14.1. The zero-order valence-corrected chi connectivity index (χ0v) is 28.5. The number of anilines is 1. The molecule has 2 aliphatic carbocycles. The van der Waals surface area contributed by atoms with E-state index in [1.54, 1.807) is 36.3 Å². The van der Waals surface area contributed by atoms with Crippen molar-refractivity contribution in [3.05, 3.63) is 58.1 Å². The largest absolute Gasteiger partial charge is 0.444 e. The highest BCUT2D eigenvalue weighted by molar-refractivity contribution is 7.75. The number of urea groups is 1. The van der Waals surface area contributed by atoms with E-state index >= 15 is 0 Å². The van der Waals surface area contributed by atoms with E-state index < -0.39 is 36.6 Å². The Morgan fingerprint density at radius 1 is 0.952 bits per heavy atom. The predicted octanol–water partition coefficient (Wildman–Crippen LogP) is 7.67. The van der Waals surface area contributed by atoms with Crippen LogP contribution >= 0.6 is 0 Å². The minimum absolute atomic E-state index is 0.0336. The van der Waals surface area contributed by atoms with Gasteiger partial charge < -0.3 is 18.2 Å². The van der Waals surface area contributed by atoms with Crippen LogP contribution in [0.2, 0.25) is 18.1 Å². The lowest BCUT2D eigenvalue weighted by atomic mass is 9.98. The van der Waals surface area contributed by atoms with Gasteiger partial charge in [-0.15, -0.1) is 0 Å². The molecule has 0 radical (unpaired) electrons. The Kier molecular flexibility index (Phi) is 9.30. The molecule has 2 aliphatic rings. The normalized spacial score (nSPS) is 15.7. The summed E-state index contributed by atoms with van der Waals surface area (Å²) in [5, 5.41) is 5.30. The molecule has 0 bridgehead atoms. The van der Waals surface area contributed by atoms with Crippen molar-refractivity contribution >= 4 is 36.6 Å². The minimum Gasteiger partial charge on any atom is -0.444 e. The molecule has 0 heterocycles. The van der Waals surface area contributed by atoms with Crippen LogP contribution in [0.5, 0.6) is 0 Å². The molecule has 2 aromatic carbocycles. The Morgan fingerprint density at radius 2 is 1.50 bits per heavy atom. The Morgan fingerprint density at radius 3 is 2.00 bits per heavy atom. The molecule has 0 atom stereocenters. The molecule has 8 nitrogen and oxygen atoms in total. The van der Waals surface area contributed by atoms with E-state index in [1.807, 2.05) is 20.8 Å². The summed E-state index contributed by atoms with van der Waals surface area (Å²) in [6.07, 6.45) is 5.65. The van der Waals surface area contributed by atoms with Crippen molar-refractivity contribution in [1.82, 2.24) is 9.99 Å². The standard InChI is InChI=1S/C32H47N4O4SSi/c1-31(2,3)40-30(38)35(7)21-22-16-18-25(19-17-22)41(39)33-29(37)36(34-42(8,9)32(4,5)6)28-26-14-10-12-23(26)20-24-13-11-15-27(24)28/h16-20,34H,10-15,21H2,1-9H3/q-1. The highest BCUT2D eigenvalue weighted by atomic mass is 32.2. The molecule has 1 N–H and O–H groups in total. The average Bonchev–Trinajstić information content (AvgIpc) is 3.54. The van der Waals surface area contributed by atoms with E-state index in [0.717, 1.165) is 49.8 Å². The van der Waals surface area contributed by atoms with Gasteiger partial charge in [-0.25, -0.2) is 19.7 Å². The van der Waals surface area contributed by atoms with Gasteiger partial charge >= 0.3 is 12.1 Å². The van der Waals surface area contributed by atoms with E-state index in [9.17, 15) is 13.8 Å². The fourth-order valence-electron chi connectivity index (χ4n) is 5.26. The van der Waals surface area contributed by atoms with Crippen LogP contribution in [-0.4, -0.2) is 37.9 Å². The van der Waals surface area contributed by atoms with Gasteiger partial charge in [-0.3, -0.25) is 0 Å². The molecule has 10 heteroatoms. The van der Waals surface area contributed by atoms with Crippen LogP contribution in [0.4, 0.5) is 15.3 Å². The molecule has 4 rings (SSSR count). The van der Waals surface area contributed by atoms with E-state index in [0.29, 0.717) is 11.4 Å². The van der Waals surface area contributed by atoms with E-state index in [1.165, 1.54) is 27.2 Å². The van der Waals surface area contributed by atoms with Crippen LogP contribution in [0, 0.1) is 0 Å². The van der Waals surface area contributed by atoms with E-state index in [2.05, 4.69) is 49.4 Å². The van der Waals surface area contributed by atoms with Crippen LogP contribution in [0.1, 0.15) is 82.2 Å². The monoisotopic (exact) mass is 611 g/mol. The number of aryl methyl sites for hydroxylation is 2. The second-order valence-corrected chi connectivity index (χ2v) is 20.3. The molecule has 3 amide bonds. The number of benzene rings is 2. The molecule has 0 spiro atoms. The van der Waals surface area contributed by atoms with Gasteiger partial charge in [0, 0.05) is 13.6 Å². The Bertz CT molecular complexity index is 1400. The molecular formula is C32H47N4O4SSi-. The zero-order valence-electron chi connectivity index (χ0n) is 26.7. The number of nitrogens with one attached hydrogen (secondary N) is 1. The van der Waals surface area contributed by atoms with Gasteiger partial charge in [-0.1, -0.05) is 69.1 Å². The van der Waals surface area contributed by atoms with Gasteiger partial charge in [0.15, 0.2) is 0 Å². The highest BCUT2D eigenvalue weighted by Gasteiger charge is 2.40. The molecule has 0 unspecified atom stereocenters. The van der Waals surface area contributed by atoms with Crippen LogP contribution in [-0.2, 0) is 51.8 Å². The number of carbonyl (C=O) groups excluding carboxylic acids is 2. The van der Waals surface area contributed by atoms with Crippen LogP contribution in [0.3, 0.4) is 0 Å². The summed E-state index contributed by atoms with van der Waals surface area (Å²) < 4.78 is 23.1. The summed E-state index contributed by atoms with van der Waals surface area (Å²) in [5.41, 5.74) is 6.35. The number of carbonyl (C=O) groups is 2. The topological polar surface area (TPSA) is 91.3 Å². The first-order chi connectivity index (χ1) is 19.5. The first kappa shape index (κ1) is 32.2. The number of nitrogens with zero attached hydrogens (tertiary/aromatic N) is 3. The van der Waals surface area contributed by atoms with Gasteiger partial charge in [0.05, 0.1) is 5.69 Å². The molecule has 0 saturated carbocycles. The molecular weight excluding hydrogens is 565 g/mol. The molecule has 42 heavy (non-hydrogen) atoms. The first-order valence-electron chi connectivity index (χ1n) is 14.9. The second kappa shape index (κ2) is 12.1. The zero-order chi connectivity index (χ0) is 31.0. The fourth-order valence-corrected chi connectivity index (χ4v) is 7.06. The lowest BCUT2D eigenvalue weighted by Crippen LogP contribution is -2.61. The molecule has 0 aliphatic heterocycles. The van der Waals surface area contributed by atoms with E-state index in [-0.39, 0.29) is 5.04 Å². The predicted molar refractivity (Wildman–Crippen MR) is 172 cm³/mol. The summed E-state index contributed by atoms with van der Waals surface area (Å²) in [4.78, 5) is 28.3. The molecule has 2 aromatic rings. The molecule has 230 valence electrons. The third kappa shape index (κ3) is 7.26. The number of ether oxygens (including phenoxy) is 1. The summed E-state index contributed by atoms with van der Waals surface area (Å²) >= 11 is 0. The van der Waals surface area contributed by atoms with Crippen molar-refractivity contribution in [2.45, 2.75) is 115 Å². The maximum Gasteiger partial charge on any atom is 0.410 e. The molecule has 0 fully saturated rings. The molecule has 0 saturated heterocycles. The van der Waals surface area contributed by atoms with Gasteiger partial charge in [-0.2, -0.15) is 10.6 Å². The van der Waals surface area contributed by atoms with Crippen LogP contribution in [0.15, 0.2) is 39.6 Å². The lowest BCUT2D eigenvalue weighted by molar-refractivity contribution is 0.0285. The van der Waals surface area contributed by atoms with Crippen molar-refractivity contribution in [2.24, 2.45) is 4.36 Å². The maximum atomic E-state index is 14.0. The quantitative estimate of drug-likeness (QED) is 0.206. The number of hydrogen-bond donors (Lipinski definition) is 1. The lowest BCUT2D eigenvalue weighted by Gasteiger charge is -2.42. The summed E-state index contributed by atoms with van der Waals surface area (Å²) in [5.74, 6) is 0. The van der Waals surface area contributed by atoms with Gasteiger partial charge in [0.2, 0.25) is 0 Å². The number of hydrogen-bond acceptors (Lipinski definition) is 6. The Hall–Kier alpha value is -2.69. The van der Waals surface area contributed by atoms with Crippen LogP contribution in [0.25, 0.3) is 0 Å². The summed E-state index contributed by atoms with van der Waals surface area (Å²) in [6.45, 7) is 16.9. The number of rotatable bonds is 6. The van der Waals surface area contributed by atoms with Crippen molar-refractivity contribution in [1.29, 1.82) is 0 Å². The number of fused-ring (bicyclic) bond motifs is 2. The van der Waals surface area contributed by atoms with Gasteiger partial charge in [0.1, 0.15) is 13.8 Å². The third-order valence-electron chi connectivity index (χ3n) is 8.53. The number of amides is 3. The van der Waals surface area contributed by atoms with Gasteiger partial charge in [-0.05, 0) is 92.2 Å². The van der Waals surface area contributed by atoms with Crippen molar-refractivity contribution in [2.75, 3.05) is 12.1 Å². The summed E-state index contributed by atoms with van der Waals surface area (Å²) in [7, 11) is -2.42. The van der Waals surface area contributed by atoms with E-state index in [4.69, 9.17) is 4.74 Å². The SMILES string of the molecule is CN(Cc1ccc(/[S-](=O)=N\C(=O)N(N[Si](C)(C)C(C)(C)C)c2c3c(cc4c2CCC4)CCC3)cc1)C(=O)OC(C)(C)C. The van der Waals surface area contributed by atoms with Crippen molar-refractivity contribution in [3.8, 4) is 0 Å². The highest BCUT2D eigenvalue weighted by Crippen LogP contribution is 2.42. The Balaban J connectivity index is 1.63. The number of hydrazine groups is 1. The smallest absolute Gasteiger partial charge is 0.410 e. The molecule has 0 aromatic heterocycles. The minimum atomic E-state index is -2.20. The average molecular weight is 612 g/mol. The van der Waals surface area contributed by atoms with Crippen LogP contribution < -0.4 is 10.1 Å². The van der Waals surface area contributed by atoms with Gasteiger partial charge in [0.25, 0.3) is 0 Å². The van der Waals surface area contributed by atoms with Crippen molar-refractivity contribution < 1.29 is 18.5 Å². The fraction of sp³-hybridized carbons (Fsp3) is 0.562. The third-order valence-corrected chi connectivity index (χ3v) is 14.1. The maximum absolute atomic E-state index is 14.0.